The third-order valence-electron chi connectivity index (χ3n) is 4.27. The summed E-state index contributed by atoms with van der Waals surface area (Å²) in [7, 11) is 1.67. The second kappa shape index (κ2) is 10.9. The first kappa shape index (κ1) is 21.2. The predicted molar refractivity (Wildman–Crippen MR) is 107 cm³/mol. The van der Waals surface area contributed by atoms with Gasteiger partial charge in [0.25, 0.3) is 5.91 Å². The molecule has 1 aliphatic rings. The Morgan fingerprint density at radius 2 is 1.89 bits per heavy atom. The standard InChI is InChI=1S/C20H32N4O3/c1-5-21-20(22-10-11-26-4)23-12-17-6-8-18(9-7-17)19(25)24-13-15(2)27-16(3)14-24/h6-9,15-16H,5,10-14H2,1-4H3,(H2,21,22,23). The number of amides is 1. The summed E-state index contributed by atoms with van der Waals surface area (Å²) in [6.07, 6.45) is 0.141. The average Bonchev–Trinajstić information content (AvgIpc) is 2.65. The van der Waals surface area contributed by atoms with E-state index in [-0.39, 0.29) is 18.1 Å². The van der Waals surface area contributed by atoms with Gasteiger partial charge in [0.05, 0.1) is 25.4 Å². The van der Waals surface area contributed by atoms with Crippen molar-refractivity contribution in [1.82, 2.24) is 15.5 Å². The predicted octanol–water partition coefficient (Wildman–Crippen LogP) is 1.64. The number of hydrogen-bond acceptors (Lipinski definition) is 4. The molecule has 150 valence electrons. The van der Waals surface area contributed by atoms with E-state index in [1.807, 2.05) is 49.9 Å². The Morgan fingerprint density at radius 1 is 1.22 bits per heavy atom. The van der Waals surface area contributed by atoms with Crippen LogP contribution < -0.4 is 10.6 Å². The van der Waals surface area contributed by atoms with Crippen LogP contribution in [-0.2, 0) is 16.0 Å². The highest BCUT2D eigenvalue weighted by atomic mass is 16.5. The number of carbonyl (C=O) groups is 1. The summed E-state index contributed by atoms with van der Waals surface area (Å²) in [6.45, 7) is 9.96. The SMILES string of the molecule is CCNC(=NCc1ccc(C(=O)N2CC(C)OC(C)C2)cc1)NCCOC. The lowest BCUT2D eigenvalue weighted by atomic mass is 10.1. The Balaban J connectivity index is 1.95. The third-order valence-corrected chi connectivity index (χ3v) is 4.27. The van der Waals surface area contributed by atoms with Gasteiger partial charge in [0.15, 0.2) is 5.96 Å². The number of nitrogens with one attached hydrogen (secondary N) is 2. The Hall–Kier alpha value is -2.12. The van der Waals surface area contributed by atoms with Gasteiger partial charge in [-0.1, -0.05) is 12.1 Å². The quantitative estimate of drug-likeness (QED) is 0.430. The van der Waals surface area contributed by atoms with Crippen molar-refractivity contribution < 1.29 is 14.3 Å². The molecule has 1 aromatic rings. The topological polar surface area (TPSA) is 75.2 Å². The number of morpholine rings is 1. The van der Waals surface area contributed by atoms with Crippen LogP contribution in [0.1, 0.15) is 36.7 Å². The Bertz CT molecular complexity index is 608. The van der Waals surface area contributed by atoms with Crippen LogP contribution in [0.25, 0.3) is 0 Å². The highest BCUT2D eigenvalue weighted by molar-refractivity contribution is 5.94. The Kier molecular flexibility index (Phi) is 8.54. The molecule has 7 nitrogen and oxygen atoms in total. The van der Waals surface area contributed by atoms with E-state index in [2.05, 4.69) is 15.6 Å². The largest absolute Gasteiger partial charge is 0.383 e. The molecule has 0 aromatic heterocycles. The van der Waals surface area contributed by atoms with Crippen LogP contribution in [0, 0.1) is 0 Å². The van der Waals surface area contributed by atoms with Gasteiger partial charge in [-0.05, 0) is 38.5 Å². The number of rotatable bonds is 7. The molecule has 2 rings (SSSR count). The lowest BCUT2D eigenvalue weighted by Gasteiger charge is -2.35. The van der Waals surface area contributed by atoms with Crippen LogP contribution in [0.3, 0.4) is 0 Å². The smallest absolute Gasteiger partial charge is 0.254 e. The molecule has 0 radical (unpaired) electrons. The zero-order valence-electron chi connectivity index (χ0n) is 16.8. The molecule has 27 heavy (non-hydrogen) atoms. The number of nitrogens with zero attached hydrogens (tertiary/aromatic N) is 2. The summed E-state index contributed by atoms with van der Waals surface area (Å²) in [4.78, 5) is 19.1. The molecule has 1 saturated heterocycles. The van der Waals surface area contributed by atoms with E-state index in [1.165, 1.54) is 0 Å². The molecule has 1 aromatic carbocycles. The highest BCUT2D eigenvalue weighted by Crippen LogP contribution is 2.15. The first-order chi connectivity index (χ1) is 13.0. The van der Waals surface area contributed by atoms with E-state index < -0.39 is 0 Å². The van der Waals surface area contributed by atoms with E-state index in [1.54, 1.807) is 7.11 Å². The minimum atomic E-state index is 0.0571. The van der Waals surface area contributed by atoms with Crippen molar-refractivity contribution in [3.8, 4) is 0 Å². The molecule has 0 spiro atoms. The minimum absolute atomic E-state index is 0.0571. The zero-order chi connectivity index (χ0) is 19.6. The van der Waals surface area contributed by atoms with Crippen LogP contribution in [0.2, 0.25) is 0 Å². The lowest BCUT2D eigenvalue weighted by molar-refractivity contribution is -0.0586. The molecule has 0 aliphatic carbocycles. The molecular formula is C20H32N4O3. The Morgan fingerprint density at radius 3 is 2.48 bits per heavy atom. The minimum Gasteiger partial charge on any atom is -0.383 e. The van der Waals surface area contributed by atoms with E-state index in [0.717, 1.165) is 18.1 Å². The van der Waals surface area contributed by atoms with E-state index in [9.17, 15) is 4.79 Å². The van der Waals surface area contributed by atoms with Gasteiger partial charge in [0.2, 0.25) is 0 Å². The maximum absolute atomic E-state index is 12.7. The zero-order valence-corrected chi connectivity index (χ0v) is 16.8. The van der Waals surface area contributed by atoms with Gasteiger partial charge in [-0.25, -0.2) is 4.99 Å². The molecule has 1 fully saturated rings. The fourth-order valence-electron chi connectivity index (χ4n) is 3.06. The van der Waals surface area contributed by atoms with Crippen molar-refractivity contribution in [3.63, 3.8) is 0 Å². The molecule has 2 N–H and O–H groups in total. The lowest BCUT2D eigenvalue weighted by Crippen LogP contribution is -2.48. The van der Waals surface area contributed by atoms with Crippen LogP contribution in [0.15, 0.2) is 29.3 Å². The van der Waals surface area contributed by atoms with Crippen molar-refractivity contribution in [1.29, 1.82) is 0 Å². The van der Waals surface area contributed by atoms with Crippen LogP contribution in [0.5, 0.6) is 0 Å². The van der Waals surface area contributed by atoms with Crippen LogP contribution >= 0.6 is 0 Å². The summed E-state index contributed by atoms with van der Waals surface area (Å²) < 4.78 is 10.7. The first-order valence-electron chi connectivity index (χ1n) is 9.58. The summed E-state index contributed by atoms with van der Waals surface area (Å²) in [5, 5.41) is 6.42. The molecule has 2 atom stereocenters. The summed E-state index contributed by atoms with van der Waals surface area (Å²) >= 11 is 0. The highest BCUT2D eigenvalue weighted by Gasteiger charge is 2.26. The number of aliphatic imine (C=N–C) groups is 1. The van der Waals surface area contributed by atoms with Gasteiger partial charge >= 0.3 is 0 Å². The van der Waals surface area contributed by atoms with Crippen molar-refractivity contribution in [2.75, 3.05) is 39.9 Å². The molecule has 0 saturated carbocycles. The van der Waals surface area contributed by atoms with Crippen LogP contribution in [-0.4, -0.2) is 68.9 Å². The molecule has 2 unspecified atom stereocenters. The van der Waals surface area contributed by atoms with Crippen molar-refractivity contribution >= 4 is 11.9 Å². The Labute approximate surface area is 162 Å². The van der Waals surface area contributed by atoms with E-state index in [0.29, 0.717) is 38.3 Å². The average molecular weight is 377 g/mol. The van der Waals surface area contributed by atoms with Crippen molar-refractivity contribution in [3.05, 3.63) is 35.4 Å². The van der Waals surface area contributed by atoms with Crippen molar-refractivity contribution in [2.24, 2.45) is 4.99 Å². The van der Waals surface area contributed by atoms with Gasteiger partial charge in [0, 0.05) is 38.9 Å². The number of hydrogen-bond donors (Lipinski definition) is 2. The molecule has 7 heteroatoms. The first-order valence-corrected chi connectivity index (χ1v) is 9.58. The summed E-state index contributed by atoms with van der Waals surface area (Å²) in [6, 6.07) is 7.68. The maximum Gasteiger partial charge on any atom is 0.254 e. The third kappa shape index (κ3) is 6.84. The van der Waals surface area contributed by atoms with Gasteiger partial charge in [-0.2, -0.15) is 0 Å². The number of methoxy groups -OCH3 is 1. The number of carbonyl (C=O) groups excluding carboxylic acids is 1. The maximum atomic E-state index is 12.7. The van der Waals surface area contributed by atoms with E-state index in [4.69, 9.17) is 9.47 Å². The fourth-order valence-corrected chi connectivity index (χ4v) is 3.06. The van der Waals surface area contributed by atoms with E-state index >= 15 is 0 Å². The summed E-state index contributed by atoms with van der Waals surface area (Å²) in [5.74, 6) is 0.813. The van der Waals surface area contributed by atoms with Gasteiger partial charge in [-0.3, -0.25) is 4.79 Å². The summed E-state index contributed by atoms with van der Waals surface area (Å²) in [5.41, 5.74) is 1.76. The van der Waals surface area contributed by atoms with Gasteiger partial charge in [0.1, 0.15) is 0 Å². The van der Waals surface area contributed by atoms with Gasteiger partial charge in [-0.15, -0.1) is 0 Å². The molecule has 1 aliphatic heterocycles. The molecule has 1 amide bonds. The fraction of sp³-hybridized carbons (Fsp3) is 0.600. The van der Waals surface area contributed by atoms with Crippen LogP contribution in [0.4, 0.5) is 0 Å². The number of ether oxygens (including phenoxy) is 2. The number of guanidine groups is 1. The monoisotopic (exact) mass is 376 g/mol. The molecule has 0 bridgehead atoms. The van der Waals surface area contributed by atoms with Crippen molar-refractivity contribution in [2.45, 2.75) is 39.5 Å². The molecule has 1 heterocycles. The second-order valence-electron chi connectivity index (χ2n) is 6.78. The molecular weight excluding hydrogens is 344 g/mol. The normalized spacial score (nSPS) is 20.4. The second-order valence-corrected chi connectivity index (χ2v) is 6.78. The number of benzene rings is 1. The van der Waals surface area contributed by atoms with Gasteiger partial charge < -0.3 is 25.0 Å².